The van der Waals surface area contributed by atoms with Crippen molar-refractivity contribution in [1.82, 2.24) is 15.3 Å². The summed E-state index contributed by atoms with van der Waals surface area (Å²) in [6, 6.07) is 7.17. The molecule has 0 unspecified atom stereocenters. The molecule has 2 aromatic heterocycles. The Balaban J connectivity index is 1.36. The van der Waals surface area contributed by atoms with Crippen LogP contribution in [0.2, 0.25) is 5.02 Å². The molecule has 3 N–H and O–H groups in total. The van der Waals surface area contributed by atoms with Crippen LogP contribution in [-0.2, 0) is 4.74 Å². The van der Waals surface area contributed by atoms with E-state index in [0.717, 1.165) is 55.3 Å². The van der Waals surface area contributed by atoms with Crippen LogP contribution in [-0.4, -0.2) is 48.9 Å². The molecule has 2 fully saturated rings. The molecule has 2 saturated carbocycles. The van der Waals surface area contributed by atoms with Crippen molar-refractivity contribution in [2.24, 2.45) is 5.41 Å². The fourth-order valence-electron chi connectivity index (χ4n) is 4.14. The first kappa shape index (κ1) is 22.3. The van der Waals surface area contributed by atoms with Gasteiger partial charge in [-0.3, -0.25) is 0 Å². The van der Waals surface area contributed by atoms with Crippen molar-refractivity contribution >= 4 is 23.2 Å². The summed E-state index contributed by atoms with van der Waals surface area (Å²) < 4.78 is 5.13. The molecular formula is C24H34ClN5O. The minimum absolute atomic E-state index is 0.432. The van der Waals surface area contributed by atoms with Gasteiger partial charge in [0.2, 0.25) is 0 Å². The zero-order chi connectivity index (χ0) is 21.7. The molecule has 0 amide bonds. The molecule has 2 heterocycles. The molecule has 6 nitrogen and oxygen atoms in total. The summed E-state index contributed by atoms with van der Waals surface area (Å²) in [7, 11) is 1.74. The van der Waals surface area contributed by atoms with E-state index in [1.54, 1.807) is 13.3 Å². The van der Waals surface area contributed by atoms with Gasteiger partial charge in [-0.1, -0.05) is 18.5 Å². The molecular weight excluding hydrogens is 410 g/mol. The summed E-state index contributed by atoms with van der Waals surface area (Å²) in [5.74, 6) is 1.78. The first-order valence-corrected chi connectivity index (χ1v) is 11.8. The maximum atomic E-state index is 6.52. The van der Waals surface area contributed by atoms with Gasteiger partial charge in [0, 0.05) is 50.2 Å². The van der Waals surface area contributed by atoms with Crippen LogP contribution in [0.15, 0.2) is 30.6 Å². The Hall–Kier alpha value is -1.89. The molecule has 0 atom stereocenters. The monoisotopic (exact) mass is 443 g/mol. The van der Waals surface area contributed by atoms with Crippen LogP contribution in [0, 0.1) is 5.41 Å². The van der Waals surface area contributed by atoms with E-state index >= 15 is 0 Å². The molecule has 168 valence electrons. The van der Waals surface area contributed by atoms with Gasteiger partial charge in [-0.25, -0.2) is 9.97 Å². The number of halogens is 1. The molecule has 7 heteroatoms. The van der Waals surface area contributed by atoms with E-state index in [9.17, 15) is 0 Å². The lowest BCUT2D eigenvalue weighted by atomic mass is 9.91. The van der Waals surface area contributed by atoms with Crippen LogP contribution in [0.1, 0.15) is 45.4 Å². The van der Waals surface area contributed by atoms with Crippen LogP contribution >= 0.6 is 11.6 Å². The normalized spacial score (nSPS) is 22.2. The summed E-state index contributed by atoms with van der Waals surface area (Å²) in [5, 5.41) is 11.3. The van der Waals surface area contributed by atoms with Crippen molar-refractivity contribution < 1.29 is 4.74 Å². The largest absolute Gasteiger partial charge is 0.383 e. The predicted molar refractivity (Wildman–Crippen MR) is 128 cm³/mol. The Bertz CT molecular complexity index is 865. The second kappa shape index (κ2) is 10.2. The predicted octanol–water partition coefficient (Wildman–Crippen LogP) is 4.97. The van der Waals surface area contributed by atoms with Gasteiger partial charge < -0.3 is 20.7 Å². The molecule has 31 heavy (non-hydrogen) atoms. The average molecular weight is 444 g/mol. The minimum Gasteiger partial charge on any atom is -0.383 e. The Labute approximate surface area is 190 Å². The van der Waals surface area contributed by atoms with Gasteiger partial charge in [-0.2, -0.15) is 0 Å². The zero-order valence-corrected chi connectivity index (χ0v) is 19.3. The van der Waals surface area contributed by atoms with Crippen molar-refractivity contribution in [1.29, 1.82) is 0 Å². The molecule has 2 aromatic rings. The number of nitrogens with zero attached hydrogens (tertiary/aromatic N) is 2. The molecule has 0 aliphatic heterocycles. The molecule has 0 saturated heterocycles. The first-order chi connectivity index (χ1) is 15.0. The van der Waals surface area contributed by atoms with E-state index in [2.05, 4.69) is 45.0 Å². The maximum Gasteiger partial charge on any atom is 0.126 e. The third-order valence-corrected chi connectivity index (χ3v) is 6.85. The van der Waals surface area contributed by atoms with E-state index in [4.69, 9.17) is 16.3 Å². The number of nitrogens with one attached hydrogen (secondary N) is 3. The van der Waals surface area contributed by atoms with Gasteiger partial charge in [-0.05, 0) is 67.7 Å². The second-order valence-electron chi connectivity index (χ2n) is 9.28. The SMILES string of the molecule is COCCNC1CCC(Nc2cc(-c3ccnc(NCC4(C)CC4)c3)c(Cl)cn2)CC1. The summed E-state index contributed by atoms with van der Waals surface area (Å²) in [5.41, 5.74) is 2.47. The maximum absolute atomic E-state index is 6.52. The first-order valence-electron chi connectivity index (χ1n) is 11.4. The van der Waals surface area contributed by atoms with Crippen molar-refractivity contribution in [3.05, 3.63) is 35.6 Å². The third-order valence-electron chi connectivity index (χ3n) is 6.54. The van der Waals surface area contributed by atoms with E-state index < -0.39 is 0 Å². The third kappa shape index (κ3) is 6.31. The van der Waals surface area contributed by atoms with Gasteiger partial charge in [-0.15, -0.1) is 0 Å². The van der Waals surface area contributed by atoms with E-state index in [-0.39, 0.29) is 0 Å². The highest BCUT2D eigenvalue weighted by Gasteiger charge is 2.36. The van der Waals surface area contributed by atoms with E-state index in [0.29, 0.717) is 22.5 Å². The Kier molecular flexibility index (Phi) is 7.31. The second-order valence-corrected chi connectivity index (χ2v) is 9.69. The van der Waals surface area contributed by atoms with Gasteiger partial charge in [0.25, 0.3) is 0 Å². The average Bonchev–Trinajstić information content (AvgIpc) is 3.53. The molecule has 4 rings (SSSR count). The number of pyridine rings is 2. The lowest BCUT2D eigenvalue weighted by molar-refractivity contribution is 0.191. The highest BCUT2D eigenvalue weighted by molar-refractivity contribution is 6.33. The van der Waals surface area contributed by atoms with Gasteiger partial charge in [0.1, 0.15) is 11.6 Å². The number of aromatic nitrogens is 2. The molecule has 0 aromatic carbocycles. The summed E-state index contributed by atoms with van der Waals surface area (Å²) >= 11 is 6.52. The van der Waals surface area contributed by atoms with Crippen molar-refractivity contribution in [3.8, 4) is 11.1 Å². The molecule has 2 aliphatic rings. The quantitative estimate of drug-likeness (QED) is 0.450. The van der Waals surface area contributed by atoms with Crippen molar-refractivity contribution in [3.63, 3.8) is 0 Å². The molecule has 0 spiro atoms. The highest BCUT2D eigenvalue weighted by Crippen LogP contribution is 2.44. The molecule has 2 aliphatic carbocycles. The zero-order valence-electron chi connectivity index (χ0n) is 18.6. The number of anilines is 2. The van der Waals surface area contributed by atoms with Crippen LogP contribution in [0.5, 0.6) is 0 Å². The number of methoxy groups -OCH3 is 1. The summed E-state index contributed by atoms with van der Waals surface area (Å²) in [4.78, 5) is 9.01. The lowest BCUT2D eigenvalue weighted by Gasteiger charge is -2.30. The smallest absolute Gasteiger partial charge is 0.126 e. The number of hydrogen-bond donors (Lipinski definition) is 3. The van der Waals surface area contributed by atoms with Crippen LogP contribution in [0.25, 0.3) is 11.1 Å². The van der Waals surface area contributed by atoms with Gasteiger partial charge >= 0.3 is 0 Å². The topological polar surface area (TPSA) is 71.1 Å². The van der Waals surface area contributed by atoms with Crippen molar-refractivity contribution in [2.45, 2.75) is 57.5 Å². The van der Waals surface area contributed by atoms with E-state index in [1.807, 2.05) is 12.3 Å². The number of rotatable bonds is 10. The fourth-order valence-corrected chi connectivity index (χ4v) is 4.36. The van der Waals surface area contributed by atoms with E-state index in [1.165, 1.54) is 25.7 Å². The lowest BCUT2D eigenvalue weighted by Crippen LogP contribution is -2.38. The van der Waals surface area contributed by atoms with Crippen molar-refractivity contribution in [2.75, 3.05) is 37.4 Å². The molecule has 0 bridgehead atoms. The molecule has 0 radical (unpaired) electrons. The summed E-state index contributed by atoms with van der Waals surface area (Å²) in [6.45, 7) is 4.96. The minimum atomic E-state index is 0.432. The number of hydrogen-bond acceptors (Lipinski definition) is 6. The fraction of sp³-hybridized carbons (Fsp3) is 0.583. The number of ether oxygens (including phenoxy) is 1. The Morgan fingerprint density at radius 2 is 1.87 bits per heavy atom. The standard InChI is InChI=1S/C24H34ClN5O/c1-24(8-9-24)16-29-22-13-17(7-10-27-22)20-14-23(28-15-21(20)25)30-19-5-3-18(4-6-19)26-11-12-31-2/h7,10,13-15,18-19,26H,3-6,8-9,11-12,16H2,1-2H3,(H,27,29)(H,28,30). The Morgan fingerprint density at radius 1 is 1.10 bits per heavy atom. The van der Waals surface area contributed by atoms with Crippen LogP contribution in [0.4, 0.5) is 11.6 Å². The Morgan fingerprint density at radius 3 is 2.61 bits per heavy atom. The van der Waals surface area contributed by atoms with Crippen LogP contribution in [0.3, 0.4) is 0 Å². The van der Waals surface area contributed by atoms with Crippen LogP contribution < -0.4 is 16.0 Å². The van der Waals surface area contributed by atoms with Gasteiger partial charge in [0.15, 0.2) is 0 Å². The summed E-state index contributed by atoms with van der Waals surface area (Å²) in [6.07, 6.45) is 10.8. The van der Waals surface area contributed by atoms with Gasteiger partial charge in [0.05, 0.1) is 11.6 Å². The highest BCUT2D eigenvalue weighted by atomic mass is 35.5.